The fourth-order valence-electron chi connectivity index (χ4n) is 2.21. The molecule has 1 heterocycles. The van der Waals surface area contributed by atoms with Crippen LogP contribution in [0.25, 0.3) is 0 Å². The Labute approximate surface area is 144 Å². The monoisotopic (exact) mass is 326 g/mol. The van der Waals surface area contributed by atoms with Gasteiger partial charge in [-0.2, -0.15) is 0 Å². The van der Waals surface area contributed by atoms with Gasteiger partial charge >= 0.3 is 0 Å². The van der Waals surface area contributed by atoms with Crippen molar-refractivity contribution in [3.8, 4) is 0 Å². The predicted molar refractivity (Wildman–Crippen MR) is 101 cm³/mol. The highest BCUT2D eigenvalue weighted by Crippen LogP contribution is 2.17. The molecule has 0 aliphatic carbocycles. The summed E-state index contributed by atoms with van der Waals surface area (Å²) in [6.45, 7) is 5.24. The number of rotatable bonds is 7. The highest BCUT2D eigenvalue weighted by molar-refractivity contribution is 6.04. The molecule has 1 aromatic heterocycles. The molecule has 2 aromatic rings. The van der Waals surface area contributed by atoms with Gasteiger partial charge in [0, 0.05) is 44.4 Å². The van der Waals surface area contributed by atoms with Crippen LogP contribution in [0.1, 0.15) is 30.6 Å². The van der Waals surface area contributed by atoms with Gasteiger partial charge in [0.1, 0.15) is 0 Å². The van der Waals surface area contributed by atoms with Gasteiger partial charge in [-0.25, -0.2) is 0 Å². The van der Waals surface area contributed by atoms with E-state index < -0.39 is 0 Å². The number of nitrogens with zero attached hydrogens (tertiary/aromatic N) is 2. The summed E-state index contributed by atoms with van der Waals surface area (Å²) in [6.07, 6.45) is 4.40. The van der Waals surface area contributed by atoms with E-state index in [0.29, 0.717) is 11.5 Å². The van der Waals surface area contributed by atoms with Crippen LogP contribution in [-0.4, -0.2) is 31.5 Å². The number of carbonyl (C=O) groups is 1. The van der Waals surface area contributed by atoms with Gasteiger partial charge in [-0.3, -0.25) is 9.78 Å². The molecule has 0 unspecified atom stereocenters. The first-order valence-electron chi connectivity index (χ1n) is 8.23. The predicted octanol–water partition coefficient (Wildman–Crippen LogP) is 3.86. The van der Waals surface area contributed by atoms with Crippen molar-refractivity contribution < 1.29 is 4.79 Å². The van der Waals surface area contributed by atoms with E-state index in [1.165, 1.54) is 0 Å². The summed E-state index contributed by atoms with van der Waals surface area (Å²) in [5, 5.41) is 6.21. The fourth-order valence-corrected chi connectivity index (χ4v) is 2.21. The molecule has 2 rings (SSSR count). The number of hydrogen-bond donors (Lipinski definition) is 2. The second kappa shape index (κ2) is 8.34. The normalized spacial score (nSPS) is 10.5. The lowest BCUT2D eigenvalue weighted by Gasteiger charge is -2.13. The minimum Gasteiger partial charge on any atom is -0.384 e. The van der Waals surface area contributed by atoms with Crippen LogP contribution in [0, 0.1) is 5.92 Å². The second-order valence-corrected chi connectivity index (χ2v) is 6.47. The van der Waals surface area contributed by atoms with Crippen LogP contribution in [0.4, 0.5) is 17.1 Å². The fraction of sp³-hybridized carbons (Fsp3) is 0.368. The molecule has 128 valence electrons. The maximum Gasteiger partial charge on any atom is 0.257 e. The number of anilines is 3. The topological polar surface area (TPSA) is 57.3 Å². The standard InChI is InChI=1S/C19H26N4O/c1-14(2)9-10-21-17-11-15(12-20-13-17)19(24)22-16-5-7-18(8-6-16)23(3)4/h5-8,11-14,21H,9-10H2,1-4H3,(H,22,24). The number of amides is 1. The van der Waals surface area contributed by atoms with E-state index in [2.05, 4.69) is 29.5 Å². The minimum atomic E-state index is -0.160. The van der Waals surface area contributed by atoms with E-state index in [9.17, 15) is 4.79 Å². The van der Waals surface area contributed by atoms with E-state index in [4.69, 9.17) is 0 Å². The average molecular weight is 326 g/mol. The molecule has 0 spiro atoms. The molecule has 1 amide bonds. The van der Waals surface area contributed by atoms with Gasteiger partial charge in [-0.15, -0.1) is 0 Å². The van der Waals surface area contributed by atoms with E-state index in [1.807, 2.05) is 49.3 Å². The molecule has 0 aliphatic heterocycles. The Morgan fingerprint density at radius 1 is 1.12 bits per heavy atom. The smallest absolute Gasteiger partial charge is 0.257 e. The largest absolute Gasteiger partial charge is 0.384 e. The number of pyridine rings is 1. The summed E-state index contributed by atoms with van der Waals surface area (Å²) < 4.78 is 0. The van der Waals surface area contributed by atoms with Crippen molar-refractivity contribution in [1.29, 1.82) is 0 Å². The van der Waals surface area contributed by atoms with E-state index in [-0.39, 0.29) is 5.91 Å². The Bertz CT molecular complexity index is 665. The summed E-state index contributed by atoms with van der Waals surface area (Å²) in [7, 11) is 3.97. The Hall–Kier alpha value is -2.56. The maximum atomic E-state index is 12.4. The first-order valence-corrected chi connectivity index (χ1v) is 8.23. The molecule has 0 bridgehead atoms. The zero-order valence-electron chi connectivity index (χ0n) is 14.8. The molecule has 0 radical (unpaired) electrons. The molecule has 0 aliphatic rings. The van der Waals surface area contributed by atoms with Gasteiger partial charge in [0.25, 0.3) is 5.91 Å². The molecule has 1 aromatic carbocycles. The third-order valence-corrected chi connectivity index (χ3v) is 3.69. The maximum absolute atomic E-state index is 12.4. The summed E-state index contributed by atoms with van der Waals surface area (Å²) in [5.41, 5.74) is 3.27. The van der Waals surface area contributed by atoms with Crippen LogP contribution in [-0.2, 0) is 0 Å². The van der Waals surface area contributed by atoms with E-state index in [0.717, 1.165) is 30.0 Å². The van der Waals surface area contributed by atoms with Gasteiger partial charge in [-0.1, -0.05) is 13.8 Å². The summed E-state index contributed by atoms with van der Waals surface area (Å²) in [4.78, 5) is 18.5. The van der Waals surface area contributed by atoms with E-state index in [1.54, 1.807) is 12.4 Å². The number of nitrogens with one attached hydrogen (secondary N) is 2. The molecule has 24 heavy (non-hydrogen) atoms. The lowest BCUT2D eigenvalue weighted by Crippen LogP contribution is -2.13. The molecule has 0 saturated carbocycles. The highest BCUT2D eigenvalue weighted by Gasteiger charge is 2.08. The van der Waals surface area contributed by atoms with Gasteiger partial charge in [0.05, 0.1) is 11.3 Å². The summed E-state index contributed by atoms with van der Waals surface area (Å²) in [5.74, 6) is 0.481. The van der Waals surface area contributed by atoms with Crippen LogP contribution in [0.15, 0.2) is 42.7 Å². The van der Waals surface area contributed by atoms with Crippen molar-refractivity contribution in [2.45, 2.75) is 20.3 Å². The quantitative estimate of drug-likeness (QED) is 0.811. The highest BCUT2D eigenvalue weighted by atomic mass is 16.1. The Morgan fingerprint density at radius 2 is 1.83 bits per heavy atom. The van der Waals surface area contributed by atoms with Crippen molar-refractivity contribution in [3.63, 3.8) is 0 Å². The van der Waals surface area contributed by atoms with Crippen LogP contribution >= 0.6 is 0 Å². The average Bonchev–Trinajstić information content (AvgIpc) is 2.55. The number of benzene rings is 1. The Balaban J connectivity index is 1.99. The zero-order chi connectivity index (χ0) is 17.5. The van der Waals surface area contributed by atoms with Crippen molar-refractivity contribution in [1.82, 2.24) is 4.98 Å². The Morgan fingerprint density at radius 3 is 2.46 bits per heavy atom. The first kappa shape index (κ1) is 17.8. The van der Waals surface area contributed by atoms with E-state index >= 15 is 0 Å². The van der Waals surface area contributed by atoms with Crippen molar-refractivity contribution >= 4 is 23.0 Å². The lowest BCUT2D eigenvalue weighted by molar-refractivity contribution is 0.102. The molecular weight excluding hydrogens is 300 g/mol. The zero-order valence-corrected chi connectivity index (χ0v) is 14.8. The third kappa shape index (κ3) is 5.26. The second-order valence-electron chi connectivity index (χ2n) is 6.47. The van der Waals surface area contributed by atoms with Crippen LogP contribution < -0.4 is 15.5 Å². The number of aromatic nitrogens is 1. The number of carbonyl (C=O) groups excluding carboxylic acids is 1. The molecule has 0 saturated heterocycles. The van der Waals surface area contributed by atoms with Crippen LogP contribution in [0.3, 0.4) is 0 Å². The minimum absolute atomic E-state index is 0.160. The van der Waals surface area contributed by atoms with Gasteiger partial charge in [-0.05, 0) is 42.7 Å². The SMILES string of the molecule is CC(C)CCNc1cncc(C(=O)Nc2ccc(N(C)C)cc2)c1. The molecule has 0 fully saturated rings. The molecule has 2 N–H and O–H groups in total. The lowest BCUT2D eigenvalue weighted by atomic mass is 10.1. The van der Waals surface area contributed by atoms with Crippen molar-refractivity contribution in [2.75, 3.05) is 36.2 Å². The number of hydrogen-bond acceptors (Lipinski definition) is 4. The third-order valence-electron chi connectivity index (χ3n) is 3.69. The van der Waals surface area contributed by atoms with Crippen molar-refractivity contribution in [2.24, 2.45) is 5.92 Å². The summed E-state index contributed by atoms with van der Waals surface area (Å²) in [6, 6.07) is 9.56. The van der Waals surface area contributed by atoms with Gasteiger partial charge in [0.15, 0.2) is 0 Å². The molecule has 0 atom stereocenters. The van der Waals surface area contributed by atoms with Gasteiger partial charge in [0.2, 0.25) is 0 Å². The first-order chi connectivity index (χ1) is 11.5. The Kier molecular flexibility index (Phi) is 6.18. The molecule has 5 nitrogen and oxygen atoms in total. The van der Waals surface area contributed by atoms with Gasteiger partial charge < -0.3 is 15.5 Å². The van der Waals surface area contributed by atoms with Crippen molar-refractivity contribution in [3.05, 3.63) is 48.3 Å². The molecule has 5 heteroatoms. The van der Waals surface area contributed by atoms with Crippen LogP contribution in [0.2, 0.25) is 0 Å². The summed E-state index contributed by atoms with van der Waals surface area (Å²) >= 11 is 0. The van der Waals surface area contributed by atoms with Crippen LogP contribution in [0.5, 0.6) is 0 Å². The molecular formula is C19H26N4O.